The summed E-state index contributed by atoms with van der Waals surface area (Å²) in [6, 6.07) is 18.5. The van der Waals surface area contributed by atoms with E-state index in [1.54, 1.807) is 11.9 Å². The Labute approximate surface area is 192 Å². The summed E-state index contributed by atoms with van der Waals surface area (Å²) >= 11 is 0. The fourth-order valence-corrected chi connectivity index (χ4v) is 4.41. The average Bonchev–Trinajstić information content (AvgIpc) is 3.22. The van der Waals surface area contributed by atoms with Crippen molar-refractivity contribution in [3.8, 4) is 0 Å². The van der Waals surface area contributed by atoms with Crippen LogP contribution in [-0.2, 0) is 20.0 Å². The zero-order valence-electron chi connectivity index (χ0n) is 18.3. The van der Waals surface area contributed by atoms with Gasteiger partial charge in [-0.15, -0.1) is 0 Å². The number of carboxylic acids is 2. The van der Waals surface area contributed by atoms with E-state index in [4.69, 9.17) is 10.2 Å². The number of benzene rings is 2. The fourth-order valence-electron chi connectivity index (χ4n) is 4.41. The zero-order chi connectivity index (χ0) is 24.0. The van der Waals surface area contributed by atoms with Crippen LogP contribution in [0.2, 0.25) is 0 Å². The highest BCUT2D eigenvalue weighted by atomic mass is 16.4. The van der Waals surface area contributed by atoms with Crippen LogP contribution in [0.4, 0.5) is 0 Å². The van der Waals surface area contributed by atoms with Gasteiger partial charge in [0.15, 0.2) is 5.60 Å². The van der Waals surface area contributed by atoms with Crippen molar-refractivity contribution in [1.82, 2.24) is 10.2 Å². The van der Waals surface area contributed by atoms with Gasteiger partial charge >= 0.3 is 11.9 Å². The fraction of sp³-hybridized carbons (Fsp3) is 0.320. The van der Waals surface area contributed by atoms with Crippen molar-refractivity contribution < 1.29 is 29.7 Å². The van der Waals surface area contributed by atoms with Crippen molar-refractivity contribution in [3.63, 3.8) is 0 Å². The molecule has 3 atom stereocenters. The highest BCUT2D eigenvalue weighted by Crippen LogP contribution is 2.49. The lowest BCUT2D eigenvalue weighted by atomic mass is 9.85. The molecule has 2 aromatic rings. The van der Waals surface area contributed by atoms with Gasteiger partial charge in [-0.1, -0.05) is 60.7 Å². The minimum absolute atomic E-state index is 0.261. The molecule has 2 aliphatic rings. The highest BCUT2D eigenvalue weighted by molar-refractivity contribution is 5.90. The van der Waals surface area contributed by atoms with Gasteiger partial charge in [-0.2, -0.15) is 0 Å². The maximum Gasteiger partial charge on any atom is 0.328 e. The molecular weight excluding hydrogens is 424 g/mol. The Morgan fingerprint density at radius 3 is 1.73 bits per heavy atom. The first kappa shape index (κ1) is 24.2. The molecule has 0 bridgehead atoms. The number of carboxylic acid groups (broad SMARTS) is 2. The summed E-state index contributed by atoms with van der Waals surface area (Å²) in [5.41, 5.74) is -0.439. The van der Waals surface area contributed by atoms with E-state index in [2.05, 4.69) is 5.32 Å². The van der Waals surface area contributed by atoms with Crippen LogP contribution < -0.4 is 5.32 Å². The van der Waals surface area contributed by atoms with E-state index in [-0.39, 0.29) is 5.91 Å². The van der Waals surface area contributed by atoms with Crippen molar-refractivity contribution in [2.24, 2.45) is 17.8 Å². The summed E-state index contributed by atoms with van der Waals surface area (Å²) in [7, 11) is 1.81. The van der Waals surface area contributed by atoms with Crippen molar-refractivity contribution in [1.29, 1.82) is 0 Å². The first-order chi connectivity index (χ1) is 15.7. The number of hydrogen-bond donors (Lipinski definition) is 4. The maximum absolute atomic E-state index is 13.3. The number of nitrogens with one attached hydrogen (secondary N) is 1. The lowest BCUT2D eigenvalue weighted by Gasteiger charge is -2.32. The Morgan fingerprint density at radius 2 is 1.33 bits per heavy atom. The third-order valence-electron chi connectivity index (χ3n) is 6.16. The van der Waals surface area contributed by atoms with Crippen molar-refractivity contribution in [3.05, 3.63) is 83.9 Å². The van der Waals surface area contributed by atoms with Crippen LogP contribution in [0.5, 0.6) is 0 Å². The predicted octanol–water partition coefficient (Wildman–Crippen LogP) is 1.56. The molecule has 8 heteroatoms. The van der Waals surface area contributed by atoms with E-state index in [9.17, 15) is 19.5 Å². The molecule has 1 saturated heterocycles. The van der Waals surface area contributed by atoms with E-state index in [1.165, 1.54) is 0 Å². The Kier molecular flexibility index (Phi) is 7.63. The topological polar surface area (TPSA) is 127 Å². The van der Waals surface area contributed by atoms with Gasteiger partial charge in [0.2, 0.25) is 0 Å². The van der Waals surface area contributed by atoms with E-state index in [0.717, 1.165) is 13.1 Å². The van der Waals surface area contributed by atoms with Gasteiger partial charge in [-0.3, -0.25) is 4.79 Å². The van der Waals surface area contributed by atoms with E-state index < -0.39 is 17.5 Å². The number of hydrogen-bond acceptors (Lipinski definition) is 5. The van der Waals surface area contributed by atoms with Gasteiger partial charge in [0.05, 0.1) is 0 Å². The van der Waals surface area contributed by atoms with Crippen LogP contribution >= 0.6 is 0 Å². The minimum Gasteiger partial charge on any atom is -0.478 e. The summed E-state index contributed by atoms with van der Waals surface area (Å²) in [6.07, 6.45) is 1.12. The molecule has 1 amide bonds. The van der Waals surface area contributed by atoms with Gasteiger partial charge < -0.3 is 25.5 Å². The van der Waals surface area contributed by atoms with E-state index >= 15 is 0 Å². The molecule has 33 heavy (non-hydrogen) atoms. The normalized spacial score (nSPS) is 21.0. The summed E-state index contributed by atoms with van der Waals surface area (Å²) in [5.74, 6) is -0.831. The molecule has 1 saturated carbocycles. The van der Waals surface area contributed by atoms with Gasteiger partial charge in [-0.25, -0.2) is 9.59 Å². The molecule has 2 fully saturated rings. The third-order valence-corrected chi connectivity index (χ3v) is 6.16. The first-order valence-electron chi connectivity index (χ1n) is 10.7. The molecule has 4 rings (SSSR count). The molecule has 1 aliphatic heterocycles. The van der Waals surface area contributed by atoms with Crippen LogP contribution in [0, 0.1) is 17.8 Å². The second-order valence-corrected chi connectivity index (χ2v) is 8.29. The van der Waals surface area contributed by atoms with Crippen LogP contribution in [0.15, 0.2) is 72.8 Å². The summed E-state index contributed by atoms with van der Waals surface area (Å²) in [5, 5.41) is 30.5. The summed E-state index contributed by atoms with van der Waals surface area (Å²) in [6.45, 7) is 2.82. The van der Waals surface area contributed by atoms with Crippen LogP contribution in [-0.4, -0.2) is 64.7 Å². The number of piperidine rings is 1. The summed E-state index contributed by atoms with van der Waals surface area (Å²) in [4.78, 5) is 34.1. The average molecular weight is 453 g/mol. The van der Waals surface area contributed by atoms with Gasteiger partial charge in [0.25, 0.3) is 5.91 Å². The molecule has 0 aromatic heterocycles. The number of carbonyl (C=O) groups excluding carboxylic acids is 1. The lowest BCUT2D eigenvalue weighted by molar-refractivity contribution is -0.147. The highest BCUT2D eigenvalue weighted by Gasteiger charge is 2.54. The Hall–Kier alpha value is -3.49. The molecule has 0 spiro atoms. The largest absolute Gasteiger partial charge is 0.478 e. The third kappa shape index (κ3) is 5.66. The Morgan fingerprint density at radius 1 is 0.909 bits per heavy atom. The van der Waals surface area contributed by atoms with Gasteiger partial charge in [0.1, 0.15) is 0 Å². The number of likely N-dealkylation sites (N-methyl/N-ethyl adjacent to an activating group) is 1. The first-order valence-corrected chi connectivity index (χ1v) is 10.7. The monoisotopic (exact) mass is 452 g/mol. The van der Waals surface area contributed by atoms with Crippen molar-refractivity contribution >= 4 is 17.8 Å². The molecule has 174 valence electrons. The second-order valence-electron chi connectivity index (χ2n) is 8.29. The van der Waals surface area contributed by atoms with Crippen LogP contribution in [0.3, 0.4) is 0 Å². The molecule has 1 aliphatic carbocycles. The number of aliphatic carboxylic acids is 2. The Bertz CT molecular complexity index is 943. The number of amides is 1. The van der Waals surface area contributed by atoms with Gasteiger partial charge in [-0.05, 0) is 42.0 Å². The van der Waals surface area contributed by atoms with Crippen LogP contribution in [0.25, 0.3) is 0 Å². The quantitative estimate of drug-likeness (QED) is 0.470. The molecule has 4 N–H and O–H groups in total. The van der Waals surface area contributed by atoms with Crippen molar-refractivity contribution in [2.45, 2.75) is 5.60 Å². The Balaban J connectivity index is 0.000000331. The second kappa shape index (κ2) is 10.4. The lowest BCUT2D eigenvalue weighted by Crippen LogP contribution is -2.47. The van der Waals surface area contributed by atoms with E-state index in [0.29, 0.717) is 47.6 Å². The smallest absolute Gasteiger partial charge is 0.328 e. The number of aliphatic hydroxyl groups is 1. The molecule has 8 nitrogen and oxygen atoms in total. The molecular formula is C25H28N2O6. The number of carbonyl (C=O) groups is 3. The zero-order valence-corrected chi connectivity index (χ0v) is 18.3. The maximum atomic E-state index is 13.3. The molecule has 0 radical (unpaired) electrons. The number of nitrogens with zero attached hydrogens (tertiary/aromatic N) is 1. The number of rotatable bonds is 7. The van der Waals surface area contributed by atoms with Gasteiger partial charge in [0, 0.05) is 25.7 Å². The van der Waals surface area contributed by atoms with Crippen molar-refractivity contribution in [2.75, 3.05) is 26.7 Å². The van der Waals surface area contributed by atoms with Crippen LogP contribution in [0.1, 0.15) is 11.1 Å². The summed E-state index contributed by atoms with van der Waals surface area (Å²) < 4.78 is 0. The minimum atomic E-state index is -1.65. The van der Waals surface area contributed by atoms with E-state index in [1.807, 2.05) is 60.7 Å². The number of fused-ring (bicyclic) bond motifs is 1. The standard InChI is InChI=1S/C21H24N2O2.C4H4O4/c1-23(14-19-17-12-22-13-18(17)19)20(24)21(25,15-8-4-2-5-9-15)16-10-6-3-7-11-16;5-3(6)1-2-4(7)8/h2-11,17-19,22,25H,12-14H2,1H3;1-2H,(H,5,6)(H,7,8)/b;2-1-/t17-,18+,19?;. The molecule has 1 unspecified atom stereocenters. The molecule has 2 aromatic carbocycles. The SMILES string of the molecule is CN(CC1[C@H]2CNC[C@@H]12)C(=O)C(O)(c1ccccc1)c1ccccc1.O=C(O)/C=C\C(=O)O. The predicted molar refractivity (Wildman–Crippen MR) is 121 cm³/mol. The molecule has 1 heterocycles.